The largest absolute Gasteiger partial charge is 0.479 e. The van der Waals surface area contributed by atoms with Crippen LogP contribution in [-0.2, 0) is 9.53 Å². The van der Waals surface area contributed by atoms with E-state index in [0.29, 0.717) is 0 Å². The number of carboxylic acid groups (broad SMARTS) is 1. The highest BCUT2D eigenvalue weighted by Crippen LogP contribution is 2.44. The molecule has 0 spiro atoms. The number of fused-ring (bicyclic) bond motifs is 3. The zero-order valence-electron chi connectivity index (χ0n) is 15.6. The van der Waals surface area contributed by atoms with E-state index in [-0.39, 0.29) is 12.5 Å². The van der Waals surface area contributed by atoms with Crippen LogP contribution in [0.15, 0.2) is 66.7 Å². The van der Waals surface area contributed by atoms with Crippen LogP contribution in [0.25, 0.3) is 11.1 Å². The summed E-state index contributed by atoms with van der Waals surface area (Å²) in [4.78, 5) is 23.8. The molecule has 0 fully saturated rings. The van der Waals surface area contributed by atoms with E-state index in [1.165, 1.54) is 0 Å². The van der Waals surface area contributed by atoms with Crippen molar-refractivity contribution in [1.82, 2.24) is 5.32 Å². The van der Waals surface area contributed by atoms with E-state index in [9.17, 15) is 23.5 Å². The van der Waals surface area contributed by atoms with Gasteiger partial charge in [-0.25, -0.2) is 18.4 Å². The van der Waals surface area contributed by atoms with Crippen LogP contribution in [0, 0.1) is 11.6 Å². The third-order valence-corrected chi connectivity index (χ3v) is 5.12. The van der Waals surface area contributed by atoms with Crippen LogP contribution in [0.2, 0.25) is 0 Å². The summed E-state index contributed by atoms with van der Waals surface area (Å²) in [5.74, 6) is -3.50. The normalized spacial score (nSPS) is 13.3. The van der Waals surface area contributed by atoms with E-state index >= 15 is 0 Å². The van der Waals surface area contributed by atoms with E-state index < -0.39 is 35.3 Å². The smallest absolute Gasteiger partial charge is 0.408 e. The molecule has 0 aliphatic heterocycles. The molecule has 2 N–H and O–H groups in total. The molecule has 1 aliphatic carbocycles. The maximum absolute atomic E-state index is 14.0. The number of halogens is 2. The van der Waals surface area contributed by atoms with Gasteiger partial charge in [0.25, 0.3) is 0 Å². The standard InChI is InChI=1S/C23H17F2NO4/c24-13-9-10-20(25)18(11-13)21(22(27)28)26-23(29)30-12-19-16-7-3-1-5-14(16)15-6-2-4-8-17(15)19/h1-11,19,21H,12H2,(H,26,29)(H,27,28). The summed E-state index contributed by atoms with van der Waals surface area (Å²) < 4.78 is 32.7. The molecule has 30 heavy (non-hydrogen) atoms. The van der Waals surface area contributed by atoms with Crippen molar-refractivity contribution in [3.8, 4) is 11.1 Å². The molecule has 1 amide bonds. The highest BCUT2D eigenvalue weighted by Gasteiger charge is 2.30. The Kier molecular flexibility index (Phi) is 5.18. The van der Waals surface area contributed by atoms with Crippen molar-refractivity contribution < 1.29 is 28.2 Å². The van der Waals surface area contributed by atoms with Crippen molar-refractivity contribution >= 4 is 12.1 Å². The minimum absolute atomic E-state index is 0.0299. The van der Waals surface area contributed by atoms with Gasteiger partial charge in [-0.1, -0.05) is 48.5 Å². The second-order valence-electron chi connectivity index (χ2n) is 6.91. The van der Waals surface area contributed by atoms with E-state index in [4.69, 9.17) is 4.74 Å². The van der Waals surface area contributed by atoms with E-state index in [0.717, 1.165) is 40.5 Å². The lowest BCUT2D eigenvalue weighted by Crippen LogP contribution is -2.35. The van der Waals surface area contributed by atoms with Gasteiger partial charge in [0.1, 0.15) is 18.2 Å². The Morgan fingerprint density at radius 3 is 2.17 bits per heavy atom. The maximum Gasteiger partial charge on any atom is 0.408 e. The molecule has 7 heteroatoms. The van der Waals surface area contributed by atoms with Gasteiger partial charge in [0.2, 0.25) is 0 Å². The number of hydrogen-bond acceptors (Lipinski definition) is 3. The molecule has 3 aromatic carbocycles. The minimum Gasteiger partial charge on any atom is -0.479 e. The Labute approximate surface area is 170 Å². The fourth-order valence-corrected chi connectivity index (χ4v) is 3.77. The second-order valence-corrected chi connectivity index (χ2v) is 6.91. The van der Waals surface area contributed by atoms with Gasteiger partial charge < -0.3 is 15.2 Å². The van der Waals surface area contributed by atoms with Crippen molar-refractivity contribution in [3.63, 3.8) is 0 Å². The number of rotatable bonds is 5. The summed E-state index contributed by atoms with van der Waals surface area (Å²) in [7, 11) is 0. The van der Waals surface area contributed by atoms with Gasteiger partial charge >= 0.3 is 12.1 Å². The molecule has 4 rings (SSSR count). The lowest BCUT2D eigenvalue weighted by molar-refractivity contribution is -0.139. The predicted octanol–water partition coefficient (Wildman–Crippen LogP) is 4.63. The predicted molar refractivity (Wildman–Crippen MR) is 105 cm³/mol. The molecule has 5 nitrogen and oxygen atoms in total. The number of hydrogen-bond donors (Lipinski definition) is 2. The Hall–Kier alpha value is -3.74. The molecule has 0 bridgehead atoms. The summed E-state index contributed by atoms with van der Waals surface area (Å²) in [5, 5.41) is 11.5. The van der Waals surface area contributed by atoms with Crippen molar-refractivity contribution in [1.29, 1.82) is 0 Å². The average Bonchev–Trinajstić information content (AvgIpc) is 3.06. The highest BCUT2D eigenvalue weighted by atomic mass is 19.1. The number of aliphatic carboxylic acids is 1. The number of alkyl carbamates (subject to hydrolysis) is 1. The van der Waals surface area contributed by atoms with E-state index in [2.05, 4.69) is 5.32 Å². The Bertz CT molecular complexity index is 1090. The first-order valence-electron chi connectivity index (χ1n) is 9.25. The molecule has 0 saturated carbocycles. The molecule has 152 valence electrons. The Balaban J connectivity index is 1.51. The molecule has 0 radical (unpaired) electrons. The Morgan fingerprint density at radius 2 is 1.57 bits per heavy atom. The van der Waals surface area contributed by atoms with Gasteiger partial charge in [0, 0.05) is 11.5 Å². The number of carboxylic acids is 1. The molecule has 3 aromatic rings. The fourth-order valence-electron chi connectivity index (χ4n) is 3.77. The van der Waals surface area contributed by atoms with Crippen LogP contribution in [-0.4, -0.2) is 23.8 Å². The van der Waals surface area contributed by atoms with Gasteiger partial charge in [-0.2, -0.15) is 0 Å². The van der Waals surface area contributed by atoms with Crippen LogP contribution >= 0.6 is 0 Å². The summed E-state index contributed by atoms with van der Waals surface area (Å²) in [6.45, 7) is -0.0299. The number of carbonyl (C=O) groups excluding carboxylic acids is 1. The number of amides is 1. The van der Waals surface area contributed by atoms with Gasteiger partial charge in [0.05, 0.1) is 0 Å². The van der Waals surface area contributed by atoms with Crippen molar-refractivity contribution in [2.75, 3.05) is 6.61 Å². The summed E-state index contributed by atoms with van der Waals surface area (Å²) >= 11 is 0. The monoisotopic (exact) mass is 409 g/mol. The quantitative estimate of drug-likeness (QED) is 0.644. The lowest BCUT2D eigenvalue weighted by atomic mass is 9.98. The molecule has 0 aromatic heterocycles. The number of carbonyl (C=O) groups is 2. The molecule has 1 unspecified atom stereocenters. The Morgan fingerprint density at radius 1 is 0.967 bits per heavy atom. The summed E-state index contributed by atoms with van der Waals surface area (Å²) in [6, 6.07) is 16.1. The van der Waals surface area contributed by atoms with Crippen molar-refractivity contribution in [3.05, 3.63) is 95.1 Å². The fraction of sp³-hybridized carbons (Fsp3) is 0.130. The molecular weight excluding hydrogens is 392 g/mol. The topological polar surface area (TPSA) is 75.6 Å². The molecular formula is C23H17F2NO4. The van der Waals surface area contributed by atoms with Gasteiger partial charge in [-0.15, -0.1) is 0 Å². The number of benzene rings is 3. The first kappa shape index (κ1) is 19.6. The van der Waals surface area contributed by atoms with Crippen molar-refractivity contribution in [2.45, 2.75) is 12.0 Å². The maximum atomic E-state index is 14.0. The van der Waals surface area contributed by atoms with Crippen LogP contribution in [0.3, 0.4) is 0 Å². The molecule has 0 saturated heterocycles. The summed E-state index contributed by atoms with van der Waals surface area (Å²) in [6.07, 6.45) is -1.03. The van der Waals surface area contributed by atoms with Crippen LogP contribution in [0.1, 0.15) is 28.7 Å². The zero-order chi connectivity index (χ0) is 21.3. The van der Waals surface area contributed by atoms with Crippen LogP contribution in [0.5, 0.6) is 0 Å². The molecule has 0 heterocycles. The number of nitrogens with one attached hydrogen (secondary N) is 1. The van der Waals surface area contributed by atoms with Crippen LogP contribution in [0.4, 0.5) is 13.6 Å². The van der Waals surface area contributed by atoms with Crippen molar-refractivity contribution in [2.24, 2.45) is 0 Å². The first-order valence-corrected chi connectivity index (χ1v) is 9.25. The van der Waals surface area contributed by atoms with Gasteiger partial charge in [0.15, 0.2) is 6.04 Å². The van der Waals surface area contributed by atoms with Crippen LogP contribution < -0.4 is 5.32 Å². The first-order chi connectivity index (χ1) is 14.5. The van der Waals surface area contributed by atoms with E-state index in [1.807, 2.05) is 48.5 Å². The van der Waals surface area contributed by atoms with Gasteiger partial charge in [-0.3, -0.25) is 0 Å². The zero-order valence-corrected chi connectivity index (χ0v) is 15.6. The third kappa shape index (κ3) is 3.61. The second kappa shape index (κ2) is 7.94. The highest BCUT2D eigenvalue weighted by molar-refractivity contribution is 5.82. The molecule has 1 aliphatic rings. The SMILES string of the molecule is O=C(NC(C(=O)O)c1cc(F)ccc1F)OCC1c2ccccc2-c2ccccc21. The third-order valence-electron chi connectivity index (χ3n) is 5.12. The summed E-state index contributed by atoms with van der Waals surface area (Å²) in [5.41, 5.74) is 3.60. The van der Waals surface area contributed by atoms with Gasteiger partial charge in [-0.05, 0) is 40.5 Å². The van der Waals surface area contributed by atoms with E-state index in [1.54, 1.807) is 0 Å². The average molecular weight is 409 g/mol. The molecule has 1 atom stereocenters. The lowest BCUT2D eigenvalue weighted by Gasteiger charge is -2.18. The number of ether oxygens (including phenoxy) is 1. The minimum atomic E-state index is -1.78.